The number of aryl methyl sites for hydroxylation is 1. The maximum Gasteiger partial charge on any atom is 0.229 e. The zero-order chi connectivity index (χ0) is 20.8. The molecule has 29 heavy (non-hydrogen) atoms. The number of imide groups is 1. The minimum Gasteiger partial charge on any atom is -0.491 e. The molecule has 0 bridgehead atoms. The van der Waals surface area contributed by atoms with E-state index in [4.69, 9.17) is 16.3 Å². The van der Waals surface area contributed by atoms with E-state index in [1.165, 1.54) is 16.0 Å². The second-order valence-corrected chi connectivity index (χ2v) is 7.67. The van der Waals surface area contributed by atoms with E-state index >= 15 is 0 Å². The van der Waals surface area contributed by atoms with Crippen LogP contribution in [0.3, 0.4) is 0 Å². The van der Waals surface area contributed by atoms with Crippen LogP contribution in [-0.4, -0.2) is 29.9 Å². The van der Waals surface area contributed by atoms with Gasteiger partial charge >= 0.3 is 0 Å². The number of carbonyl (C=O) groups is 2. The molecule has 3 rings (SSSR count). The van der Waals surface area contributed by atoms with E-state index in [-0.39, 0.29) is 17.9 Å². The van der Waals surface area contributed by atoms with Gasteiger partial charge in [-0.1, -0.05) is 42.8 Å². The van der Waals surface area contributed by atoms with Crippen molar-refractivity contribution in [2.75, 3.05) is 13.2 Å². The number of nitrogens with one attached hydrogen (secondary N) is 1. The molecule has 0 aromatic heterocycles. The number of hydrogen-bond acceptors (Lipinski definition) is 4. The first-order chi connectivity index (χ1) is 14.0. The third-order valence-corrected chi connectivity index (χ3v) is 5.47. The fourth-order valence-electron chi connectivity index (χ4n) is 3.42. The molecule has 5 nitrogen and oxygen atoms in total. The van der Waals surface area contributed by atoms with Gasteiger partial charge in [-0.2, -0.15) is 0 Å². The molecular formula is C23H27ClN2O3. The minimum absolute atomic E-state index is 0.106. The number of amides is 2. The van der Waals surface area contributed by atoms with Gasteiger partial charge in [-0.25, -0.2) is 0 Å². The lowest BCUT2D eigenvalue weighted by Gasteiger charge is -2.17. The Morgan fingerprint density at radius 2 is 1.79 bits per heavy atom. The van der Waals surface area contributed by atoms with Crippen LogP contribution in [0.5, 0.6) is 5.75 Å². The molecule has 1 aliphatic rings. The largest absolute Gasteiger partial charge is 0.491 e. The zero-order valence-corrected chi connectivity index (χ0v) is 17.7. The van der Waals surface area contributed by atoms with Crippen molar-refractivity contribution < 1.29 is 14.3 Å². The molecule has 154 valence electrons. The number of ether oxygens (including phenoxy) is 1. The van der Waals surface area contributed by atoms with Crippen LogP contribution in [0.1, 0.15) is 49.4 Å². The Balaban J connectivity index is 1.54. The molecule has 2 amide bonds. The van der Waals surface area contributed by atoms with Crippen molar-refractivity contribution in [3.8, 4) is 5.75 Å². The topological polar surface area (TPSA) is 58.6 Å². The maximum absolute atomic E-state index is 11.7. The molecule has 0 spiro atoms. The third kappa shape index (κ3) is 5.58. The first-order valence-electron chi connectivity index (χ1n) is 10.0. The summed E-state index contributed by atoms with van der Waals surface area (Å²) in [4.78, 5) is 24.6. The van der Waals surface area contributed by atoms with Gasteiger partial charge in [0.2, 0.25) is 11.8 Å². The normalized spacial score (nSPS) is 15.1. The average molecular weight is 415 g/mol. The highest BCUT2D eigenvalue weighted by atomic mass is 35.5. The molecule has 2 aromatic carbocycles. The summed E-state index contributed by atoms with van der Waals surface area (Å²) in [6.45, 7) is 5.58. The van der Waals surface area contributed by atoms with Crippen LogP contribution >= 0.6 is 11.6 Å². The van der Waals surface area contributed by atoms with Crippen LogP contribution in [0.25, 0.3) is 0 Å². The molecule has 2 aromatic rings. The molecule has 0 aliphatic carbocycles. The highest BCUT2D eigenvalue weighted by molar-refractivity contribution is 6.30. The van der Waals surface area contributed by atoms with Gasteiger partial charge in [0.25, 0.3) is 0 Å². The SMILES string of the molecule is CCc1cc(CN[C@@H](C)c2ccc(Cl)cc2)ccc1OCCN1C(=O)CCC1=O. The molecule has 1 fully saturated rings. The summed E-state index contributed by atoms with van der Waals surface area (Å²) in [5.41, 5.74) is 3.48. The maximum atomic E-state index is 11.7. The van der Waals surface area contributed by atoms with E-state index in [0.717, 1.165) is 29.3 Å². The first kappa shape index (κ1) is 21.3. The summed E-state index contributed by atoms with van der Waals surface area (Å²) < 4.78 is 5.87. The molecule has 1 atom stereocenters. The van der Waals surface area contributed by atoms with Crippen LogP contribution in [0.4, 0.5) is 0 Å². The zero-order valence-electron chi connectivity index (χ0n) is 16.9. The molecule has 1 N–H and O–H groups in total. The third-order valence-electron chi connectivity index (χ3n) is 5.22. The quantitative estimate of drug-likeness (QED) is 0.622. The molecule has 0 saturated carbocycles. The van der Waals surface area contributed by atoms with Crippen LogP contribution in [0, 0.1) is 0 Å². The van der Waals surface area contributed by atoms with Gasteiger partial charge in [-0.3, -0.25) is 14.5 Å². The Kier molecular flexibility index (Phi) is 7.29. The number of rotatable bonds is 9. The number of likely N-dealkylation sites (tertiary alicyclic amines) is 1. The Hall–Kier alpha value is -2.37. The molecule has 1 saturated heterocycles. The van der Waals surface area contributed by atoms with E-state index < -0.39 is 0 Å². The summed E-state index contributed by atoms with van der Waals surface area (Å²) in [6, 6.07) is 14.2. The lowest BCUT2D eigenvalue weighted by atomic mass is 10.1. The highest BCUT2D eigenvalue weighted by Gasteiger charge is 2.28. The van der Waals surface area contributed by atoms with Gasteiger partial charge in [0.15, 0.2) is 0 Å². The molecule has 1 aliphatic heterocycles. The molecule has 6 heteroatoms. The Labute approximate surface area is 177 Å². The number of carbonyl (C=O) groups excluding carboxylic acids is 2. The van der Waals surface area contributed by atoms with Crippen molar-refractivity contribution in [3.05, 3.63) is 64.2 Å². The summed E-state index contributed by atoms with van der Waals surface area (Å²) in [5.74, 6) is 0.595. The predicted molar refractivity (Wildman–Crippen MR) is 114 cm³/mol. The number of benzene rings is 2. The van der Waals surface area contributed by atoms with Crippen molar-refractivity contribution in [1.29, 1.82) is 0 Å². The van der Waals surface area contributed by atoms with Gasteiger partial charge in [-0.15, -0.1) is 0 Å². The van der Waals surface area contributed by atoms with E-state index in [0.29, 0.717) is 26.0 Å². The summed E-state index contributed by atoms with van der Waals surface area (Å²) in [7, 11) is 0. The van der Waals surface area contributed by atoms with Crippen molar-refractivity contribution >= 4 is 23.4 Å². The van der Waals surface area contributed by atoms with Crippen LogP contribution < -0.4 is 10.1 Å². The fraction of sp³-hybridized carbons (Fsp3) is 0.391. The van der Waals surface area contributed by atoms with E-state index in [2.05, 4.69) is 25.2 Å². The van der Waals surface area contributed by atoms with Crippen LogP contribution in [0.15, 0.2) is 42.5 Å². The first-order valence-corrected chi connectivity index (χ1v) is 10.4. The van der Waals surface area contributed by atoms with Crippen molar-refractivity contribution in [2.45, 2.75) is 45.7 Å². The smallest absolute Gasteiger partial charge is 0.229 e. The second-order valence-electron chi connectivity index (χ2n) is 7.24. The highest BCUT2D eigenvalue weighted by Crippen LogP contribution is 2.22. The summed E-state index contributed by atoms with van der Waals surface area (Å²) in [6.07, 6.45) is 1.47. The average Bonchev–Trinajstić information content (AvgIpc) is 3.05. The Bertz CT molecular complexity index is 851. The lowest BCUT2D eigenvalue weighted by Crippen LogP contribution is -2.33. The lowest BCUT2D eigenvalue weighted by molar-refractivity contribution is -0.138. The van der Waals surface area contributed by atoms with Gasteiger partial charge in [0.1, 0.15) is 12.4 Å². The van der Waals surface area contributed by atoms with Gasteiger partial charge in [0, 0.05) is 30.5 Å². The predicted octanol–water partition coefficient (Wildman–Crippen LogP) is 4.28. The number of halogens is 1. The van der Waals surface area contributed by atoms with Gasteiger partial charge in [-0.05, 0) is 48.2 Å². The van der Waals surface area contributed by atoms with Crippen molar-refractivity contribution in [1.82, 2.24) is 10.2 Å². The Morgan fingerprint density at radius 1 is 1.10 bits per heavy atom. The summed E-state index contributed by atoms with van der Waals surface area (Å²) >= 11 is 5.96. The van der Waals surface area contributed by atoms with Crippen molar-refractivity contribution in [2.24, 2.45) is 0 Å². The standard InChI is InChI=1S/C23H27ClN2O3/c1-3-18-14-17(15-25-16(2)19-5-7-20(24)8-6-19)4-9-21(18)29-13-12-26-22(27)10-11-23(26)28/h4-9,14,16,25H,3,10-13,15H2,1-2H3/t16-/m0/s1. The fourth-order valence-corrected chi connectivity index (χ4v) is 3.55. The minimum atomic E-state index is -0.106. The number of nitrogens with zero attached hydrogens (tertiary/aromatic N) is 1. The number of hydrogen-bond donors (Lipinski definition) is 1. The molecule has 0 unspecified atom stereocenters. The molecular weight excluding hydrogens is 388 g/mol. The van der Waals surface area contributed by atoms with Gasteiger partial charge in [0.05, 0.1) is 6.54 Å². The van der Waals surface area contributed by atoms with Gasteiger partial charge < -0.3 is 10.1 Å². The molecule has 0 radical (unpaired) electrons. The summed E-state index contributed by atoms with van der Waals surface area (Å²) in [5, 5.41) is 4.27. The van der Waals surface area contributed by atoms with Crippen molar-refractivity contribution in [3.63, 3.8) is 0 Å². The van der Waals surface area contributed by atoms with Crippen LogP contribution in [-0.2, 0) is 22.6 Å². The van der Waals surface area contributed by atoms with E-state index in [9.17, 15) is 9.59 Å². The second kappa shape index (κ2) is 9.90. The van der Waals surface area contributed by atoms with E-state index in [1.54, 1.807) is 0 Å². The Morgan fingerprint density at radius 3 is 2.45 bits per heavy atom. The monoisotopic (exact) mass is 414 g/mol. The van der Waals surface area contributed by atoms with E-state index in [1.807, 2.05) is 36.4 Å². The van der Waals surface area contributed by atoms with Crippen LogP contribution in [0.2, 0.25) is 5.02 Å². The molecule has 1 heterocycles.